The third kappa shape index (κ3) is 3.00. The van der Waals surface area contributed by atoms with Gasteiger partial charge in [-0.15, -0.1) is 5.92 Å². The predicted molar refractivity (Wildman–Crippen MR) is 80.6 cm³/mol. The second-order valence-corrected chi connectivity index (χ2v) is 7.46. The molecule has 0 aliphatic heterocycles. The van der Waals surface area contributed by atoms with E-state index in [2.05, 4.69) is 39.5 Å². The zero-order chi connectivity index (χ0) is 14.0. The largest absolute Gasteiger partial charge is 0.393 e. The summed E-state index contributed by atoms with van der Waals surface area (Å²) in [5, 5.41) is 10.3. The predicted octanol–water partition coefficient (Wildman–Crippen LogP) is 4.25. The number of aliphatic hydroxyl groups is 1. The van der Waals surface area contributed by atoms with Crippen molar-refractivity contribution < 1.29 is 5.11 Å². The molecule has 2 aliphatic carbocycles. The van der Waals surface area contributed by atoms with Crippen LogP contribution in [0.4, 0.5) is 0 Å². The molecule has 1 N–H and O–H groups in total. The highest BCUT2D eigenvalue weighted by atomic mass is 16.3. The van der Waals surface area contributed by atoms with Crippen molar-refractivity contribution in [3.8, 4) is 11.8 Å². The SMILES string of the molecule is CC(C)CC#C[C@@H](C)[C@H]1CCC2[C@@H](O)CCC[C@@]21C. The van der Waals surface area contributed by atoms with Crippen molar-refractivity contribution in [1.29, 1.82) is 0 Å². The van der Waals surface area contributed by atoms with Crippen LogP contribution in [0.3, 0.4) is 0 Å². The lowest BCUT2D eigenvalue weighted by Gasteiger charge is -2.44. The van der Waals surface area contributed by atoms with Gasteiger partial charge in [0.25, 0.3) is 0 Å². The zero-order valence-electron chi connectivity index (χ0n) is 13.1. The normalized spacial score (nSPS) is 39.6. The van der Waals surface area contributed by atoms with Crippen molar-refractivity contribution >= 4 is 0 Å². The van der Waals surface area contributed by atoms with Crippen molar-refractivity contribution in [1.82, 2.24) is 0 Å². The van der Waals surface area contributed by atoms with Gasteiger partial charge >= 0.3 is 0 Å². The van der Waals surface area contributed by atoms with Crippen LogP contribution in [-0.4, -0.2) is 11.2 Å². The van der Waals surface area contributed by atoms with E-state index in [1.165, 1.54) is 25.7 Å². The van der Waals surface area contributed by atoms with Gasteiger partial charge in [0.2, 0.25) is 0 Å². The Balaban J connectivity index is 2.06. The molecule has 0 radical (unpaired) electrons. The van der Waals surface area contributed by atoms with Crippen LogP contribution in [0.15, 0.2) is 0 Å². The minimum absolute atomic E-state index is 0.0560. The van der Waals surface area contributed by atoms with Crippen molar-refractivity contribution in [2.24, 2.45) is 29.1 Å². The first-order valence-corrected chi connectivity index (χ1v) is 8.11. The molecule has 0 saturated heterocycles. The Hall–Kier alpha value is -0.480. The fourth-order valence-corrected chi connectivity index (χ4v) is 4.54. The van der Waals surface area contributed by atoms with E-state index in [1.807, 2.05) is 0 Å². The van der Waals surface area contributed by atoms with Crippen LogP contribution < -0.4 is 0 Å². The quantitative estimate of drug-likeness (QED) is 0.738. The molecular weight excluding hydrogens is 232 g/mol. The van der Waals surface area contributed by atoms with Gasteiger partial charge in [0.15, 0.2) is 0 Å². The Kier molecular flexibility index (Phi) is 4.62. The number of rotatable bonds is 2. The van der Waals surface area contributed by atoms with Crippen LogP contribution in [0.25, 0.3) is 0 Å². The average molecular weight is 262 g/mol. The third-order valence-electron chi connectivity index (χ3n) is 5.61. The molecule has 19 heavy (non-hydrogen) atoms. The summed E-state index contributed by atoms with van der Waals surface area (Å²) in [5.74, 6) is 9.24. The highest BCUT2D eigenvalue weighted by Crippen LogP contribution is 2.57. The smallest absolute Gasteiger partial charge is 0.0573 e. The van der Waals surface area contributed by atoms with E-state index in [0.717, 1.165) is 12.8 Å². The second-order valence-electron chi connectivity index (χ2n) is 7.46. The molecule has 0 bridgehead atoms. The van der Waals surface area contributed by atoms with E-state index in [-0.39, 0.29) is 6.10 Å². The Morgan fingerprint density at radius 2 is 1.95 bits per heavy atom. The fourth-order valence-electron chi connectivity index (χ4n) is 4.54. The Morgan fingerprint density at radius 3 is 2.63 bits per heavy atom. The maximum absolute atomic E-state index is 10.3. The van der Waals surface area contributed by atoms with Gasteiger partial charge in [0.1, 0.15) is 0 Å². The summed E-state index contributed by atoms with van der Waals surface area (Å²) < 4.78 is 0. The lowest BCUT2D eigenvalue weighted by atomic mass is 9.62. The maximum Gasteiger partial charge on any atom is 0.0573 e. The van der Waals surface area contributed by atoms with Gasteiger partial charge in [-0.05, 0) is 48.9 Å². The molecule has 2 saturated carbocycles. The lowest BCUT2D eigenvalue weighted by Crippen LogP contribution is -2.41. The first kappa shape index (κ1) is 14.9. The first-order chi connectivity index (χ1) is 8.95. The van der Waals surface area contributed by atoms with E-state index in [4.69, 9.17) is 0 Å². The molecule has 0 amide bonds. The monoisotopic (exact) mass is 262 g/mol. The van der Waals surface area contributed by atoms with Crippen molar-refractivity contribution in [2.45, 2.75) is 72.3 Å². The van der Waals surface area contributed by atoms with E-state index < -0.39 is 0 Å². The van der Waals surface area contributed by atoms with E-state index >= 15 is 0 Å². The van der Waals surface area contributed by atoms with Gasteiger partial charge in [0, 0.05) is 12.3 Å². The van der Waals surface area contributed by atoms with Crippen molar-refractivity contribution in [3.05, 3.63) is 0 Å². The average Bonchev–Trinajstić information content (AvgIpc) is 2.67. The van der Waals surface area contributed by atoms with Gasteiger partial charge in [-0.1, -0.05) is 40.0 Å². The molecule has 2 fully saturated rings. The summed E-state index contributed by atoms with van der Waals surface area (Å²) >= 11 is 0. The minimum atomic E-state index is -0.0560. The number of aliphatic hydroxyl groups excluding tert-OH is 1. The van der Waals surface area contributed by atoms with E-state index in [1.54, 1.807) is 0 Å². The molecule has 2 rings (SSSR count). The van der Waals surface area contributed by atoms with E-state index in [0.29, 0.717) is 29.1 Å². The number of hydrogen-bond acceptors (Lipinski definition) is 1. The Morgan fingerprint density at radius 1 is 1.21 bits per heavy atom. The minimum Gasteiger partial charge on any atom is -0.393 e. The molecule has 1 unspecified atom stereocenters. The number of fused-ring (bicyclic) bond motifs is 1. The highest BCUT2D eigenvalue weighted by molar-refractivity contribution is 5.10. The van der Waals surface area contributed by atoms with Crippen LogP contribution in [0.1, 0.15) is 66.2 Å². The fraction of sp³-hybridized carbons (Fsp3) is 0.889. The summed E-state index contributed by atoms with van der Waals surface area (Å²) in [6, 6.07) is 0. The van der Waals surface area contributed by atoms with Gasteiger partial charge in [-0.3, -0.25) is 0 Å². The van der Waals surface area contributed by atoms with Gasteiger partial charge < -0.3 is 5.11 Å². The molecule has 108 valence electrons. The molecule has 0 aromatic heterocycles. The summed E-state index contributed by atoms with van der Waals surface area (Å²) in [6.45, 7) is 9.17. The van der Waals surface area contributed by atoms with Crippen LogP contribution >= 0.6 is 0 Å². The standard InChI is InChI=1S/C18H30O/c1-13(2)7-5-8-14(3)15-10-11-16-17(19)9-6-12-18(15,16)4/h13-17,19H,6-7,9-12H2,1-4H3/t14-,15-,16?,17+,18-/m1/s1. The molecule has 0 spiro atoms. The Bertz CT molecular complexity index is 362. The van der Waals surface area contributed by atoms with Crippen LogP contribution in [0, 0.1) is 40.9 Å². The zero-order valence-corrected chi connectivity index (χ0v) is 13.1. The van der Waals surface area contributed by atoms with Gasteiger partial charge in [-0.2, -0.15) is 0 Å². The number of hydrogen-bond donors (Lipinski definition) is 1. The molecule has 0 heterocycles. The Labute approximate surface area is 119 Å². The van der Waals surface area contributed by atoms with Crippen LogP contribution in [0.2, 0.25) is 0 Å². The first-order valence-electron chi connectivity index (χ1n) is 8.11. The third-order valence-corrected chi connectivity index (χ3v) is 5.61. The molecule has 2 aliphatic rings. The second kappa shape index (κ2) is 5.88. The highest BCUT2D eigenvalue weighted by Gasteiger charge is 2.51. The summed E-state index contributed by atoms with van der Waals surface area (Å²) in [6.07, 6.45) is 6.92. The van der Waals surface area contributed by atoms with Crippen LogP contribution in [-0.2, 0) is 0 Å². The molecule has 0 aromatic carbocycles. The topological polar surface area (TPSA) is 20.2 Å². The molecule has 1 heteroatoms. The maximum atomic E-state index is 10.3. The molecular formula is C18H30O. The summed E-state index contributed by atoms with van der Waals surface area (Å²) in [7, 11) is 0. The van der Waals surface area contributed by atoms with Gasteiger partial charge in [0.05, 0.1) is 6.10 Å². The molecule has 1 nitrogen and oxygen atoms in total. The summed E-state index contributed by atoms with van der Waals surface area (Å²) in [5.41, 5.74) is 0.337. The van der Waals surface area contributed by atoms with Crippen molar-refractivity contribution in [3.63, 3.8) is 0 Å². The lowest BCUT2D eigenvalue weighted by molar-refractivity contribution is -0.0224. The molecule has 0 aromatic rings. The van der Waals surface area contributed by atoms with E-state index in [9.17, 15) is 5.11 Å². The van der Waals surface area contributed by atoms with Crippen molar-refractivity contribution in [2.75, 3.05) is 0 Å². The van der Waals surface area contributed by atoms with Crippen LogP contribution in [0.5, 0.6) is 0 Å². The van der Waals surface area contributed by atoms with Gasteiger partial charge in [-0.25, -0.2) is 0 Å². The molecule has 5 atom stereocenters. The summed E-state index contributed by atoms with van der Waals surface area (Å²) in [4.78, 5) is 0.